The van der Waals surface area contributed by atoms with Crippen molar-refractivity contribution in [3.8, 4) is 0 Å². The zero-order valence-electron chi connectivity index (χ0n) is 10.6. The summed E-state index contributed by atoms with van der Waals surface area (Å²) in [5, 5.41) is 9.14. The number of anilines is 1. The number of carbonyl (C=O) groups excluding carboxylic acids is 1. The molecule has 0 aromatic carbocycles. The second-order valence-corrected chi connectivity index (χ2v) is 5.30. The minimum Gasteiger partial charge on any atom is -0.368 e. The first-order valence-electron chi connectivity index (χ1n) is 6.22. The van der Waals surface area contributed by atoms with E-state index in [2.05, 4.69) is 20.6 Å². The van der Waals surface area contributed by atoms with E-state index in [1.165, 1.54) is 0 Å². The third kappa shape index (κ3) is 2.46. The van der Waals surface area contributed by atoms with Gasteiger partial charge in [0.15, 0.2) is 0 Å². The Morgan fingerprint density at radius 2 is 2.42 bits per heavy atom. The van der Waals surface area contributed by atoms with Crippen LogP contribution in [0.2, 0.25) is 0 Å². The molecule has 0 radical (unpaired) electrons. The van der Waals surface area contributed by atoms with E-state index in [1.807, 2.05) is 18.4 Å². The number of amides is 2. The van der Waals surface area contributed by atoms with Crippen LogP contribution < -0.4 is 10.6 Å². The Morgan fingerprint density at radius 1 is 1.53 bits per heavy atom. The highest BCUT2D eigenvalue weighted by Gasteiger charge is 2.18. The summed E-state index contributed by atoms with van der Waals surface area (Å²) in [5.41, 5.74) is 0. The monoisotopic (exact) mass is 277 g/mol. The molecule has 7 heteroatoms. The highest BCUT2D eigenvalue weighted by Crippen LogP contribution is 2.24. The molecule has 0 unspecified atom stereocenters. The summed E-state index contributed by atoms with van der Waals surface area (Å²) in [6, 6.07) is 2.03. The first-order valence-corrected chi connectivity index (χ1v) is 7.10. The lowest BCUT2D eigenvalue weighted by Gasteiger charge is -2.15. The number of hydrogen-bond acceptors (Lipinski definition) is 5. The summed E-state index contributed by atoms with van der Waals surface area (Å²) in [6.45, 7) is 4.77. The second kappa shape index (κ2) is 5.00. The molecule has 2 amide bonds. The molecule has 0 aliphatic carbocycles. The lowest BCUT2D eigenvalue weighted by molar-refractivity contribution is 0.219. The van der Waals surface area contributed by atoms with Crippen LogP contribution in [0.4, 0.5) is 10.6 Å². The number of aryl methyl sites for hydroxylation is 1. The van der Waals surface area contributed by atoms with E-state index in [4.69, 9.17) is 0 Å². The number of thiophene rings is 1. The Morgan fingerprint density at radius 3 is 3.21 bits per heavy atom. The van der Waals surface area contributed by atoms with Gasteiger partial charge in [0.1, 0.15) is 16.5 Å². The molecule has 100 valence electrons. The van der Waals surface area contributed by atoms with Gasteiger partial charge in [-0.3, -0.25) is 0 Å². The first-order chi connectivity index (χ1) is 9.24. The average molecular weight is 277 g/mol. The second-order valence-electron chi connectivity index (χ2n) is 4.40. The van der Waals surface area contributed by atoms with Gasteiger partial charge in [-0.1, -0.05) is 0 Å². The Labute approximate surface area is 114 Å². The average Bonchev–Trinajstić information content (AvgIpc) is 2.98. The highest BCUT2D eigenvalue weighted by molar-refractivity contribution is 7.16. The topological polar surface area (TPSA) is 70.2 Å². The van der Waals surface area contributed by atoms with Crippen molar-refractivity contribution in [2.75, 3.05) is 31.5 Å². The van der Waals surface area contributed by atoms with Crippen LogP contribution in [0.1, 0.15) is 5.82 Å². The van der Waals surface area contributed by atoms with Crippen LogP contribution in [0.5, 0.6) is 0 Å². The number of aromatic nitrogens is 2. The Balaban J connectivity index is 1.68. The van der Waals surface area contributed by atoms with Gasteiger partial charge in [-0.05, 0) is 18.4 Å². The third-order valence-corrected chi connectivity index (χ3v) is 3.86. The number of carbonyl (C=O) groups is 1. The summed E-state index contributed by atoms with van der Waals surface area (Å²) in [4.78, 5) is 23.0. The molecule has 2 aromatic rings. The Hall–Kier alpha value is -1.89. The number of nitrogens with zero attached hydrogens (tertiary/aromatic N) is 3. The van der Waals surface area contributed by atoms with E-state index in [0.717, 1.165) is 34.9 Å². The molecule has 3 rings (SSSR count). The van der Waals surface area contributed by atoms with Crippen molar-refractivity contribution < 1.29 is 4.79 Å². The largest absolute Gasteiger partial charge is 0.368 e. The zero-order chi connectivity index (χ0) is 13.2. The lowest BCUT2D eigenvalue weighted by Crippen LogP contribution is -2.32. The summed E-state index contributed by atoms with van der Waals surface area (Å²) in [7, 11) is 0. The summed E-state index contributed by atoms with van der Waals surface area (Å²) in [5.74, 6) is 1.61. The Kier molecular flexibility index (Phi) is 3.20. The normalized spacial score (nSPS) is 15.0. The van der Waals surface area contributed by atoms with Gasteiger partial charge in [0.25, 0.3) is 0 Å². The number of nitrogens with one attached hydrogen (secondary N) is 2. The SMILES string of the molecule is Cc1nc(NCCN2CCNC2=O)c2ccsc2n1. The van der Waals surface area contributed by atoms with Gasteiger partial charge in [-0.25, -0.2) is 14.8 Å². The summed E-state index contributed by atoms with van der Waals surface area (Å²) >= 11 is 1.61. The summed E-state index contributed by atoms with van der Waals surface area (Å²) < 4.78 is 0. The van der Waals surface area contributed by atoms with Crippen molar-refractivity contribution in [3.63, 3.8) is 0 Å². The number of fused-ring (bicyclic) bond motifs is 1. The molecule has 1 aliphatic heterocycles. The zero-order valence-corrected chi connectivity index (χ0v) is 11.5. The van der Waals surface area contributed by atoms with Gasteiger partial charge in [0, 0.05) is 26.2 Å². The molecule has 6 nitrogen and oxygen atoms in total. The van der Waals surface area contributed by atoms with Crippen LogP contribution in [-0.4, -0.2) is 47.1 Å². The van der Waals surface area contributed by atoms with Gasteiger partial charge in [0.2, 0.25) is 0 Å². The highest BCUT2D eigenvalue weighted by atomic mass is 32.1. The van der Waals surface area contributed by atoms with Crippen molar-refractivity contribution in [2.24, 2.45) is 0 Å². The van der Waals surface area contributed by atoms with E-state index in [0.29, 0.717) is 13.1 Å². The molecule has 1 aliphatic rings. The maximum absolute atomic E-state index is 11.4. The van der Waals surface area contributed by atoms with Gasteiger partial charge in [0.05, 0.1) is 5.39 Å². The first kappa shape index (κ1) is 12.2. The fourth-order valence-electron chi connectivity index (χ4n) is 2.13. The molecule has 1 saturated heterocycles. The quantitative estimate of drug-likeness (QED) is 0.887. The van der Waals surface area contributed by atoms with Crippen LogP contribution in [-0.2, 0) is 0 Å². The van der Waals surface area contributed by atoms with Crippen LogP contribution in [0, 0.1) is 6.92 Å². The molecule has 1 fully saturated rings. The summed E-state index contributed by atoms with van der Waals surface area (Å²) in [6.07, 6.45) is 0. The number of urea groups is 1. The van der Waals surface area contributed by atoms with Gasteiger partial charge in [-0.15, -0.1) is 11.3 Å². The molecular formula is C12H15N5OS. The molecular weight excluding hydrogens is 262 g/mol. The van der Waals surface area contributed by atoms with E-state index in [1.54, 1.807) is 16.2 Å². The van der Waals surface area contributed by atoms with Crippen molar-refractivity contribution in [3.05, 3.63) is 17.3 Å². The molecule has 3 heterocycles. The minimum atomic E-state index is 0.0151. The standard InChI is InChI=1S/C12H15N5OS/c1-8-15-10(9-2-7-19-11(9)16-8)13-3-5-17-6-4-14-12(17)18/h2,7H,3-6H2,1H3,(H,14,18)(H,13,15,16). The van der Waals surface area contributed by atoms with Crippen LogP contribution in [0.25, 0.3) is 10.2 Å². The fourth-order valence-corrected chi connectivity index (χ4v) is 2.94. The third-order valence-electron chi connectivity index (χ3n) is 3.06. The van der Waals surface area contributed by atoms with Crippen molar-refractivity contribution in [1.82, 2.24) is 20.2 Å². The van der Waals surface area contributed by atoms with E-state index < -0.39 is 0 Å². The van der Waals surface area contributed by atoms with Crippen molar-refractivity contribution >= 4 is 33.4 Å². The van der Waals surface area contributed by atoms with E-state index >= 15 is 0 Å². The lowest BCUT2D eigenvalue weighted by atomic mass is 10.3. The van der Waals surface area contributed by atoms with Gasteiger partial charge < -0.3 is 15.5 Å². The van der Waals surface area contributed by atoms with Crippen LogP contribution in [0.15, 0.2) is 11.4 Å². The van der Waals surface area contributed by atoms with Crippen LogP contribution in [0.3, 0.4) is 0 Å². The number of hydrogen-bond donors (Lipinski definition) is 2. The van der Waals surface area contributed by atoms with Crippen LogP contribution >= 0.6 is 11.3 Å². The van der Waals surface area contributed by atoms with Gasteiger partial charge >= 0.3 is 6.03 Å². The maximum Gasteiger partial charge on any atom is 0.317 e. The molecule has 0 atom stereocenters. The fraction of sp³-hybridized carbons (Fsp3) is 0.417. The molecule has 2 aromatic heterocycles. The Bertz CT molecular complexity index is 611. The number of rotatable bonds is 4. The smallest absolute Gasteiger partial charge is 0.317 e. The predicted octanol–water partition coefficient (Wildman–Crippen LogP) is 1.44. The van der Waals surface area contributed by atoms with Crippen molar-refractivity contribution in [1.29, 1.82) is 0 Å². The van der Waals surface area contributed by atoms with E-state index in [-0.39, 0.29) is 6.03 Å². The molecule has 0 spiro atoms. The van der Waals surface area contributed by atoms with Crippen molar-refractivity contribution in [2.45, 2.75) is 6.92 Å². The minimum absolute atomic E-state index is 0.0151. The van der Waals surface area contributed by atoms with Gasteiger partial charge in [-0.2, -0.15) is 0 Å². The molecule has 2 N–H and O–H groups in total. The molecule has 19 heavy (non-hydrogen) atoms. The molecule has 0 bridgehead atoms. The predicted molar refractivity (Wildman–Crippen MR) is 75.6 cm³/mol. The molecule has 0 saturated carbocycles. The maximum atomic E-state index is 11.4. The van der Waals surface area contributed by atoms with E-state index in [9.17, 15) is 4.79 Å².